The van der Waals surface area contributed by atoms with Gasteiger partial charge in [-0.05, 0) is 24.6 Å². The highest BCUT2D eigenvalue weighted by molar-refractivity contribution is 6.39. The Balaban J connectivity index is 2.55. The molecule has 0 heterocycles. The molecule has 0 aliphatic heterocycles. The van der Waals surface area contributed by atoms with Gasteiger partial charge in [0.1, 0.15) is 0 Å². The highest BCUT2D eigenvalue weighted by atomic mass is 16.7. The minimum Gasteiger partial charge on any atom is -0.397 e. The average Bonchev–Trinajstić information content (AvgIpc) is 2.42. The zero-order valence-corrected chi connectivity index (χ0v) is 11.7. The molecule has 0 saturated heterocycles. The largest absolute Gasteiger partial charge is 0.397 e. The van der Waals surface area contributed by atoms with Gasteiger partial charge >= 0.3 is 11.8 Å². The molecule has 7 nitrogen and oxygen atoms in total. The molecular formula is C13H19N3O4. The van der Waals surface area contributed by atoms with Crippen molar-refractivity contribution < 1.29 is 19.1 Å². The Bertz CT molecular complexity index is 487. The molecule has 0 radical (unpaired) electrons. The number of ether oxygens (including phenoxy) is 2. The fourth-order valence-corrected chi connectivity index (χ4v) is 1.49. The summed E-state index contributed by atoms with van der Waals surface area (Å²) in [7, 11) is 2.88. The number of hydrogen-bond acceptors (Lipinski definition) is 5. The third-order valence-corrected chi connectivity index (χ3v) is 2.62. The molecule has 1 aromatic rings. The van der Waals surface area contributed by atoms with E-state index in [-0.39, 0.29) is 6.54 Å². The van der Waals surface area contributed by atoms with Gasteiger partial charge < -0.3 is 25.8 Å². The minimum atomic E-state index is -0.800. The van der Waals surface area contributed by atoms with Gasteiger partial charge in [0.2, 0.25) is 0 Å². The maximum atomic E-state index is 11.7. The second kappa shape index (κ2) is 7.46. The lowest BCUT2D eigenvalue weighted by Gasteiger charge is -2.14. The van der Waals surface area contributed by atoms with Gasteiger partial charge in [0.05, 0.1) is 17.9 Å². The lowest BCUT2D eigenvalue weighted by molar-refractivity contribution is -0.139. The first-order valence-corrected chi connectivity index (χ1v) is 5.98. The topological polar surface area (TPSA) is 103 Å². The maximum absolute atomic E-state index is 11.7. The predicted molar refractivity (Wildman–Crippen MR) is 75.0 cm³/mol. The summed E-state index contributed by atoms with van der Waals surface area (Å²) in [5.41, 5.74) is 7.51. The lowest BCUT2D eigenvalue weighted by Crippen LogP contribution is -2.40. The van der Waals surface area contributed by atoms with Crippen LogP contribution >= 0.6 is 0 Å². The van der Waals surface area contributed by atoms with Crippen molar-refractivity contribution in [2.24, 2.45) is 0 Å². The average molecular weight is 281 g/mol. The summed E-state index contributed by atoms with van der Waals surface area (Å²) >= 11 is 0. The lowest BCUT2D eigenvalue weighted by atomic mass is 10.2. The number of carbonyl (C=O) groups excluding carboxylic acids is 2. The van der Waals surface area contributed by atoms with E-state index in [0.717, 1.165) is 5.56 Å². The van der Waals surface area contributed by atoms with Crippen LogP contribution in [0.4, 0.5) is 11.4 Å². The Kier molecular flexibility index (Phi) is 5.95. The molecule has 0 aliphatic rings. The number of carbonyl (C=O) groups is 2. The van der Waals surface area contributed by atoms with E-state index in [2.05, 4.69) is 10.6 Å². The van der Waals surface area contributed by atoms with Gasteiger partial charge in [0.25, 0.3) is 0 Å². The van der Waals surface area contributed by atoms with Crippen LogP contribution in [0.5, 0.6) is 0 Å². The van der Waals surface area contributed by atoms with Gasteiger partial charge in [-0.3, -0.25) is 9.59 Å². The zero-order chi connectivity index (χ0) is 15.1. The van der Waals surface area contributed by atoms with E-state index in [9.17, 15) is 9.59 Å². The minimum absolute atomic E-state index is 0.0721. The Morgan fingerprint density at radius 2 is 1.90 bits per heavy atom. The quantitative estimate of drug-likeness (QED) is 0.408. The normalized spacial score (nSPS) is 10.4. The summed E-state index contributed by atoms with van der Waals surface area (Å²) in [6, 6.07) is 5.14. The van der Waals surface area contributed by atoms with Crippen LogP contribution in [0.15, 0.2) is 18.2 Å². The molecule has 20 heavy (non-hydrogen) atoms. The molecule has 2 amide bonds. The van der Waals surface area contributed by atoms with Crippen LogP contribution in [0.1, 0.15) is 5.56 Å². The first kappa shape index (κ1) is 15.9. The van der Waals surface area contributed by atoms with Gasteiger partial charge in [0, 0.05) is 14.2 Å². The first-order valence-electron chi connectivity index (χ1n) is 5.98. The molecule has 0 atom stereocenters. The maximum Gasteiger partial charge on any atom is 0.313 e. The third kappa shape index (κ3) is 4.52. The van der Waals surface area contributed by atoms with Gasteiger partial charge in [-0.2, -0.15) is 0 Å². The zero-order valence-electron chi connectivity index (χ0n) is 11.7. The van der Waals surface area contributed by atoms with Crippen molar-refractivity contribution in [2.75, 3.05) is 31.8 Å². The summed E-state index contributed by atoms with van der Waals surface area (Å²) < 4.78 is 9.78. The number of benzene rings is 1. The summed E-state index contributed by atoms with van der Waals surface area (Å²) in [6.07, 6.45) is -0.601. The number of rotatable bonds is 5. The van der Waals surface area contributed by atoms with Crippen molar-refractivity contribution in [3.8, 4) is 0 Å². The van der Waals surface area contributed by atoms with E-state index < -0.39 is 18.1 Å². The Morgan fingerprint density at radius 1 is 1.25 bits per heavy atom. The van der Waals surface area contributed by atoms with Crippen LogP contribution < -0.4 is 16.4 Å². The summed E-state index contributed by atoms with van der Waals surface area (Å²) in [4.78, 5) is 23.3. The molecule has 0 fully saturated rings. The Hall–Kier alpha value is -2.12. The van der Waals surface area contributed by atoms with Gasteiger partial charge in [-0.15, -0.1) is 0 Å². The van der Waals surface area contributed by atoms with Crippen molar-refractivity contribution in [3.63, 3.8) is 0 Å². The number of nitrogens with two attached hydrogens (primary N) is 1. The van der Waals surface area contributed by atoms with Crippen molar-refractivity contribution in [2.45, 2.75) is 13.2 Å². The highest BCUT2D eigenvalue weighted by Gasteiger charge is 2.16. The monoisotopic (exact) mass is 281 g/mol. The van der Waals surface area contributed by atoms with Crippen LogP contribution in [-0.4, -0.2) is 38.9 Å². The third-order valence-electron chi connectivity index (χ3n) is 2.62. The highest BCUT2D eigenvalue weighted by Crippen LogP contribution is 2.19. The number of nitrogens with one attached hydrogen (secondary N) is 2. The SMILES string of the molecule is COC(CNC(=O)C(=O)Nc1ccc(C)cc1N)OC. The smallest absolute Gasteiger partial charge is 0.313 e. The van der Waals surface area contributed by atoms with Crippen molar-refractivity contribution in [1.82, 2.24) is 5.32 Å². The van der Waals surface area contributed by atoms with Gasteiger partial charge in [0.15, 0.2) is 6.29 Å². The van der Waals surface area contributed by atoms with Crippen LogP contribution in [0.25, 0.3) is 0 Å². The first-order chi connectivity index (χ1) is 9.47. The molecule has 0 aliphatic carbocycles. The number of aryl methyl sites for hydroxylation is 1. The molecule has 1 rings (SSSR count). The molecule has 4 N–H and O–H groups in total. The molecule has 0 aromatic heterocycles. The van der Waals surface area contributed by atoms with E-state index in [4.69, 9.17) is 15.2 Å². The van der Waals surface area contributed by atoms with E-state index in [0.29, 0.717) is 11.4 Å². The summed E-state index contributed by atoms with van der Waals surface area (Å²) in [5, 5.41) is 4.83. The molecule has 7 heteroatoms. The second-order valence-electron chi connectivity index (χ2n) is 4.16. The van der Waals surface area contributed by atoms with E-state index in [1.807, 2.05) is 6.92 Å². The van der Waals surface area contributed by atoms with E-state index in [1.165, 1.54) is 14.2 Å². The molecule has 0 spiro atoms. The molecular weight excluding hydrogens is 262 g/mol. The van der Waals surface area contributed by atoms with E-state index >= 15 is 0 Å². The predicted octanol–water partition coefficient (Wildman–Crippen LogP) is 0.251. The fraction of sp³-hybridized carbons (Fsp3) is 0.385. The second-order valence-corrected chi connectivity index (χ2v) is 4.16. The van der Waals surface area contributed by atoms with Crippen molar-refractivity contribution in [1.29, 1.82) is 0 Å². The number of amides is 2. The molecule has 0 saturated carbocycles. The molecule has 110 valence electrons. The van der Waals surface area contributed by atoms with Crippen molar-refractivity contribution in [3.05, 3.63) is 23.8 Å². The van der Waals surface area contributed by atoms with Gasteiger partial charge in [-0.25, -0.2) is 0 Å². The Morgan fingerprint density at radius 3 is 2.45 bits per heavy atom. The number of methoxy groups -OCH3 is 2. The van der Waals surface area contributed by atoms with Crippen LogP contribution in [0.2, 0.25) is 0 Å². The van der Waals surface area contributed by atoms with Crippen molar-refractivity contribution >= 4 is 23.2 Å². The van der Waals surface area contributed by atoms with Crippen LogP contribution in [-0.2, 0) is 19.1 Å². The van der Waals surface area contributed by atoms with Crippen LogP contribution in [0.3, 0.4) is 0 Å². The number of nitrogen functional groups attached to an aromatic ring is 1. The standard InChI is InChI=1S/C13H19N3O4/c1-8-4-5-10(9(14)6-8)16-13(18)12(17)15-7-11(19-2)20-3/h4-6,11H,7,14H2,1-3H3,(H,15,17)(H,16,18). The Labute approximate surface area is 117 Å². The van der Waals surface area contributed by atoms with Gasteiger partial charge in [-0.1, -0.05) is 6.07 Å². The fourth-order valence-electron chi connectivity index (χ4n) is 1.49. The molecule has 0 unspecified atom stereocenters. The van der Waals surface area contributed by atoms with Crippen LogP contribution in [0, 0.1) is 6.92 Å². The van der Waals surface area contributed by atoms with E-state index in [1.54, 1.807) is 18.2 Å². The molecule has 0 bridgehead atoms. The summed E-state index contributed by atoms with van der Waals surface area (Å²) in [6.45, 7) is 1.95. The number of hydrogen-bond donors (Lipinski definition) is 3. The molecule has 1 aromatic carbocycles. The summed E-state index contributed by atoms with van der Waals surface area (Å²) in [5.74, 6) is -1.59. The number of anilines is 2.